The van der Waals surface area contributed by atoms with Crippen LogP contribution in [0.5, 0.6) is 0 Å². The second-order valence-electron chi connectivity index (χ2n) is 6.28. The van der Waals surface area contributed by atoms with Gasteiger partial charge in [-0.05, 0) is 25.7 Å². The molecule has 0 spiro atoms. The number of rotatable bonds is 3. The summed E-state index contributed by atoms with van der Waals surface area (Å²) in [6.07, 6.45) is 7.58. The Morgan fingerprint density at radius 2 is 2.13 bits per heavy atom. The van der Waals surface area contributed by atoms with E-state index in [1.807, 2.05) is 4.90 Å². The summed E-state index contributed by atoms with van der Waals surface area (Å²) in [5.74, 6) is -0.148. The van der Waals surface area contributed by atoms with Gasteiger partial charge in [-0.3, -0.25) is 9.78 Å². The maximum Gasteiger partial charge on any atom is 0.225 e. The first-order valence-corrected chi connectivity index (χ1v) is 8.47. The zero-order chi connectivity index (χ0) is 16.1. The minimum atomic E-state index is -0.325. The van der Waals surface area contributed by atoms with Crippen LogP contribution in [0.15, 0.2) is 18.5 Å². The van der Waals surface area contributed by atoms with E-state index in [-0.39, 0.29) is 17.8 Å². The molecule has 3 rings (SSSR count). The Labute approximate surface area is 136 Å². The fourth-order valence-corrected chi connectivity index (χ4v) is 3.29. The molecule has 0 aromatic carbocycles. The van der Waals surface area contributed by atoms with E-state index in [1.165, 1.54) is 12.3 Å². The number of carbonyl (C=O) groups excluding carboxylic acids is 1. The van der Waals surface area contributed by atoms with Gasteiger partial charge in [0, 0.05) is 38.9 Å². The van der Waals surface area contributed by atoms with Crippen molar-refractivity contribution in [1.29, 1.82) is 0 Å². The standard InChI is InChI=1S/C17H24FN3O2/c18-14-10-15(13-19-12-14)20-5-3-6-21(8-7-20)17(22)11-16-4-1-2-9-23-16/h10,12-13,16H,1-9,11H2. The highest BCUT2D eigenvalue weighted by Crippen LogP contribution is 2.19. The number of ether oxygens (including phenoxy) is 1. The van der Waals surface area contributed by atoms with Crippen LogP contribution in [0.3, 0.4) is 0 Å². The van der Waals surface area contributed by atoms with Gasteiger partial charge >= 0.3 is 0 Å². The SMILES string of the molecule is O=C(CC1CCCCO1)N1CCCN(c2cncc(F)c2)CC1. The predicted octanol–water partition coefficient (Wildman–Crippen LogP) is 2.22. The van der Waals surface area contributed by atoms with Crippen LogP contribution in [0.4, 0.5) is 10.1 Å². The van der Waals surface area contributed by atoms with Crippen LogP contribution in [-0.4, -0.2) is 54.7 Å². The third-order valence-corrected chi connectivity index (χ3v) is 4.58. The normalized spacial score (nSPS) is 22.7. The highest BCUT2D eigenvalue weighted by molar-refractivity contribution is 5.76. The van der Waals surface area contributed by atoms with Gasteiger partial charge in [-0.15, -0.1) is 0 Å². The molecule has 2 fully saturated rings. The molecular weight excluding hydrogens is 297 g/mol. The molecule has 1 unspecified atom stereocenters. The highest BCUT2D eigenvalue weighted by Gasteiger charge is 2.24. The van der Waals surface area contributed by atoms with Gasteiger partial charge < -0.3 is 14.5 Å². The van der Waals surface area contributed by atoms with E-state index in [1.54, 1.807) is 6.20 Å². The first-order chi connectivity index (χ1) is 11.2. The van der Waals surface area contributed by atoms with Gasteiger partial charge in [-0.2, -0.15) is 0 Å². The van der Waals surface area contributed by atoms with Crippen molar-refractivity contribution < 1.29 is 13.9 Å². The zero-order valence-corrected chi connectivity index (χ0v) is 13.4. The van der Waals surface area contributed by atoms with Crippen molar-refractivity contribution >= 4 is 11.6 Å². The Balaban J connectivity index is 1.54. The van der Waals surface area contributed by atoms with Gasteiger partial charge in [0.2, 0.25) is 5.91 Å². The van der Waals surface area contributed by atoms with Gasteiger partial charge in [0.05, 0.1) is 30.6 Å². The molecule has 2 saturated heterocycles. The molecule has 5 nitrogen and oxygen atoms in total. The molecule has 2 aliphatic rings. The summed E-state index contributed by atoms with van der Waals surface area (Å²) in [5.41, 5.74) is 0.787. The molecule has 23 heavy (non-hydrogen) atoms. The molecule has 0 saturated carbocycles. The number of hydrogen-bond donors (Lipinski definition) is 0. The molecule has 0 bridgehead atoms. The molecular formula is C17H24FN3O2. The van der Waals surface area contributed by atoms with Crippen LogP contribution in [-0.2, 0) is 9.53 Å². The van der Waals surface area contributed by atoms with Crippen molar-refractivity contribution in [2.45, 2.75) is 38.2 Å². The Hall–Kier alpha value is -1.69. The van der Waals surface area contributed by atoms with Crippen LogP contribution >= 0.6 is 0 Å². The summed E-state index contributed by atoms with van der Waals surface area (Å²) in [4.78, 5) is 20.4. The van der Waals surface area contributed by atoms with E-state index in [9.17, 15) is 9.18 Å². The van der Waals surface area contributed by atoms with Crippen molar-refractivity contribution in [3.05, 3.63) is 24.3 Å². The molecule has 0 radical (unpaired) electrons. The maximum atomic E-state index is 13.3. The maximum absolute atomic E-state index is 13.3. The number of carbonyl (C=O) groups is 1. The van der Waals surface area contributed by atoms with Crippen LogP contribution in [0.2, 0.25) is 0 Å². The van der Waals surface area contributed by atoms with E-state index in [0.717, 1.165) is 51.1 Å². The van der Waals surface area contributed by atoms with Crippen LogP contribution in [0, 0.1) is 5.82 Å². The van der Waals surface area contributed by atoms with E-state index >= 15 is 0 Å². The van der Waals surface area contributed by atoms with Crippen molar-refractivity contribution in [1.82, 2.24) is 9.88 Å². The Kier molecular flexibility index (Phi) is 5.43. The van der Waals surface area contributed by atoms with Gasteiger partial charge in [0.15, 0.2) is 0 Å². The average molecular weight is 321 g/mol. The molecule has 0 aliphatic carbocycles. The van der Waals surface area contributed by atoms with Gasteiger partial charge in [-0.25, -0.2) is 4.39 Å². The second-order valence-corrected chi connectivity index (χ2v) is 6.28. The van der Waals surface area contributed by atoms with Gasteiger partial charge in [-0.1, -0.05) is 0 Å². The summed E-state index contributed by atoms with van der Waals surface area (Å²) in [5, 5.41) is 0. The molecule has 1 aromatic heterocycles. The first-order valence-electron chi connectivity index (χ1n) is 8.47. The van der Waals surface area contributed by atoms with Crippen molar-refractivity contribution in [3.63, 3.8) is 0 Å². The largest absolute Gasteiger partial charge is 0.378 e. The Morgan fingerprint density at radius 1 is 1.22 bits per heavy atom. The summed E-state index contributed by atoms with van der Waals surface area (Å²) in [6.45, 7) is 3.72. The third kappa shape index (κ3) is 4.41. The van der Waals surface area contributed by atoms with E-state index < -0.39 is 0 Å². The molecule has 2 aliphatic heterocycles. The van der Waals surface area contributed by atoms with E-state index in [2.05, 4.69) is 9.88 Å². The lowest BCUT2D eigenvalue weighted by molar-refractivity contribution is -0.134. The quantitative estimate of drug-likeness (QED) is 0.856. The molecule has 6 heteroatoms. The summed E-state index contributed by atoms with van der Waals surface area (Å²) < 4.78 is 19.0. The number of amides is 1. The summed E-state index contributed by atoms with van der Waals surface area (Å²) in [6, 6.07) is 1.50. The van der Waals surface area contributed by atoms with Crippen molar-refractivity contribution in [3.8, 4) is 0 Å². The highest BCUT2D eigenvalue weighted by atomic mass is 19.1. The Morgan fingerprint density at radius 3 is 2.91 bits per heavy atom. The van der Waals surface area contributed by atoms with E-state index in [0.29, 0.717) is 19.5 Å². The molecule has 3 heterocycles. The Bertz CT molecular complexity index is 534. The van der Waals surface area contributed by atoms with Crippen molar-refractivity contribution in [2.24, 2.45) is 0 Å². The molecule has 1 aromatic rings. The smallest absolute Gasteiger partial charge is 0.225 e. The lowest BCUT2D eigenvalue weighted by Gasteiger charge is -2.26. The van der Waals surface area contributed by atoms with Gasteiger partial charge in [0.25, 0.3) is 0 Å². The number of anilines is 1. The summed E-state index contributed by atoms with van der Waals surface area (Å²) >= 11 is 0. The molecule has 126 valence electrons. The average Bonchev–Trinajstić information content (AvgIpc) is 2.82. The number of pyridine rings is 1. The third-order valence-electron chi connectivity index (χ3n) is 4.58. The van der Waals surface area contributed by atoms with Gasteiger partial charge in [0.1, 0.15) is 5.82 Å². The van der Waals surface area contributed by atoms with Crippen LogP contribution < -0.4 is 4.90 Å². The minimum Gasteiger partial charge on any atom is -0.378 e. The minimum absolute atomic E-state index is 0.0861. The summed E-state index contributed by atoms with van der Waals surface area (Å²) in [7, 11) is 0. The van der Waals surface area contributed by atoms with E-state index in [4.69, 9.17) is 4.74 Å². The lowest BCUT2D eigenvalue weighted by Crippen LogP contribution is -2.37. The molecule has 1 atom stereocenters. The van der Waals surface area contributed by atoms with Crippen LogP contribution in [0.25, 0.3) is 0 Å². The van der Waals surface area contributed by atoms with Crippen LogP contribution in [0.1, 0.15) is 32.1 Å². The topological polar surface area (TPSA) is 45.7 Å². The number of hydrogen-bond acceptors (Lipinski definition) is 4. The number of nitrogens with zero attached hydrogens (tertiary/aromatic N) is 3. The predicted molar refractivity (Wildman–Crippen MR) is 85.8 cm³/mol. The molecule has 0 N–H and O–H groups in total. The number of halogens is 1. The van der Waals surface area contributed by atoms with Crippen molar-refractivity contribution in [2.75, 3.05) is 37.7 Å². The second kappa shape index (κ2) is 7.73. The number of aromatic nitrogens is 1. The molecule has 1 amide bonds. The monoisotopic (exact) mass is 321 g/mol. The first kappa shape index (κ1) is 16.2. The zero-order valence-electron chi connectivity index (χ0n) is 13.4. The fraction of sp³-hybridized carbons (Fsp3) is 0.647. The lowest BCUT2D eigenvalue weighted by atomic mass is 10.1. The fourth-order valence-electron chi connectivity index (χ4n) is 3.29.